The molecule has 66 valence electrons. The van der Waals surface area contributed by atoms with Crippen LogP contribution in [0.15, 0.2) is 12.7 Å². The summed E-state index contributed by atoms with van der Waals surface area (Å²) in [7, 11) is -3.36. The predicted molar refractivity (Wildman–Crippen MR) is 43.6 cm³/mol. The van der Waals surface area contributed by atoms with Gasteiger partial charge in [0, 0.05) is 0 Å². The van der Waals surface area contributed by atoms with Gasteiger partial charge in [-0.25, -0.2) is 0 Å². The van der Waals surface area contributed by atoms with E-state index < -0.39 is 10.1 Å². The molecule has 11 heavy (non-hydrogen) atoms. The summed E-state index contributed by atoms with van der Waals surface area (Å²) in [5.74, 6) is -0.0165. The molecule has 2 N–H and O–H groups in total. The molecule has 0 aromatic rings. The minimum atomic E-state index is -3.36. The van der Waals surface area contributed by atoms with Crippen molar-refractivity contribution in [3.63, 3.8) is 0 Å². The number of nitrogens with two attached hydrogens (primary N) is 1. The minimum absolute atomic E-state index is 0.0165. The average molecular weight is 179 g/mol. The van der Waals surface area contributed by atoms with Gasteiger partial charge in [-0.2, -0.15) is 8.42 Å². The fraction of sp³-hybridized carbons (Fsp3) is 0.667. The Kier molecular flexibility index (Phi) is 5.10. The molecule has 0 aromatic carbocycles. The Morgan fingerprint density at radius 3 is 2.64 bits per heavy atom. The van der Waals surface area contributed by atoms with E-state index in [2.05, 4.69) is 10.8 Å². The number of hydrogen-bond acceptors (Lipinski definition) is 4. The van der Waals surface area contributed by atoms with E-state index in [-0.39, 0.29) is 12.4 Å². The fourth-order valence-electron chi connectivity index (χ4n) is 0.471. The molecular weight excluding hydrogens is 166 g/mol. The van der Waals surface area contributed by atoms with Crippen LogP contribution in [0.1, 0.15) is 6.42 Å². The zero-order chi connectivity index (χ0) is 8.74. The van der Waals surface area contributed by atoms with Gasteiger partial charge in [0.25, 0.3) is 10.1 Å². The monoisotopic (exact) mass is 179 g/mol. The lowest BCUT2D eigenvalue weighted by Crippen LogP contribution is -2.13. The maximum Gasteiger partial charge on any atom is 0.267 e. The van der Waals surface area contributed by atoms with Crippen molar-refractivity contribution in [1.82, 2.24) is 0 Å². The van der Waals surface area contributed by atoms with E-state index in [1.165, 1.54) is 6.08 Å². The van der Waals surface area contributed by atoms with Crippen LogP contribution in [0, 0.1) is 0 Å². The third-order valence-corrected chi connectivity index (χ3v) is 2.25. The molecule has 0 aromatic heterocycles. The molecule has 0 spiro atoms. The van der Waals surface area contributed by atoms with Gasteiger partial charge in [-0.3, -0.25) is 4.18 Å². The molecule has 5 heteroatoms. The summed E-state index contributed by atoms with van der Waals surface area (Å²) in [6.07, 6.45) is 1.82. The lowest BCUT2D eigenvalue weighted by Gasteiger charge is -2.00. The third kappa shape index (κ3) is 6.03. The Hall–Kier alpha value is -0.390. The van der Waals surface area contributed by atoms with Crippen molar-refractivity contribution < 1.29 is 12.6 Å². The number of hydrogen-bond donors (Lipinski definition) is 1. The first-order valence-corrected chi connectivity index (χ1v) is 4.88. The van der Waals surface area contributed by atoms with E-state index in [1.807, 2.05) is 0 Å². The third-order valence-electron chi connectivity index (χ3n) is 0.964. The molecule has 4 nitrogen and oxygen atoms in total. The fourth-order valence-corrected chi connectivity index (χ4v) is 1.41. The molecular formula is C6H13NO3S. The van der Waals surface area contributed by atoms with Gasteiger partial charge in [0.1, 0.15) is 0 Å². The van der Waals surface area contributed by atoms with E-state index in [1.54, 1.807) is 0 Å². The maximum atomic E-state index is 10.8. The first-order valence-electron chi connectivity index (χ1n) is 3.30. The largest absolute Gasteiger partial charge is 0.330 e. The lowest BCUT2D eigenvalue weighted by molar-refractivity contribution is 0.357. The molecule has 0 saturated carbocycles. The molecule has 0 saturated heterocycles. The minimum Gasteiger partial charge on any atom is -0.330 e. The van der Waals surface area contributed by atoms with Crippen LogP contribution in [-0.2, 0) is 14.3 Å². The molecule has 0 rings (SSSR count). The quantitative estimate of drug-likeness (QED) is 0.455. The van der Waals surface area contributed by atoms with Gasteiger partial charge < -0.3 is 5.73 Å². The van der Waals surface area contributed by atoms with E-state index in [0.29, 0.717) is 13.0 Å². The normalized spacial score (nSPS) is 11.4. The molecule has 0 amide bonds. The standard InChI is InChI=1S/C6H13NO3S/c1-2-5-10-11(8,9)6-3-4-7/h2H,1,3-7H2. The molecule has 0 aliphatic heterocycles. The average Bonchev–Trinajstić information content (AvgIpc) is 1.97. The highest BCUT2D eigenvalue weighted by atomic mass is 32.2. The molecule has 0 atom stereocenters. The van der Waals surface area contributed by atoms with Crippen molar-refractivity contribution in [1.29, 1.82) is 0 Å². The van der Waals surface area contributed by atoms with Crippen molar-refractivity contribution in [2.75, 3.05) is 18.9 Å². The van der Waals surface area contributed by atoms with Crippen LogP contribution in [0.2, 0.25) is 0 Å². The molecule has 0 fully saturated rings. The first-order chi connectivity index (χ1) is 5.12. The van der Waals surface area contributed by atoms with Gasteiger partial charge in [0.2, 0.25) is 0 Å². The van der Waals surface area contributed by atoms with Crippen molar-refractivity contribution in [2.45, 2.75) is 6.42 Å². The van der Waals surface area contributed by atoms with Gasteiger partial charge in [0.05, 0.1) is 12.4 Å². The Bertz CT molecular complexity index is 198. The van der Waals surface area contributed by atoms with E-state index in [4.69, 9.17) is 5.73 Å². The molecule has 0 unspecified atom stereocenters. The van der Waals surface area contributed by atoms with Gasteiger partial charge in [0.15, 0.2) is 0 Å². The van der Waals surface area contributed by atoms with Crippen molar-refractivity contribution in [2.24, 2.45) is 5.73 Å². The smallest absolute Gasteiger partial charge is 0.267 e. The van der Waals surface area contributed by atoms with Gasteiger partial charge in [-0.05, 0) is 13.0 Å². The Labute approximate surface area is 67.2 Å². The van der Waals surface area contributed by atoms with Crippen molar-refractivity contribution in [3.05, 3.63) is 12.7 Å². The van der Waals surface area contributed by atoms with Gasteiger partial charge >= 0.3 is 0 Å². The summed E-state index contributed by atoms with van der Waals surface area (Å²) in [5.41, 5.74) is 5.12. The second-order valence-electron chi connectivity index (χ2n) is 1.98. The van der Waals surface area contributed by atoms with Crippen LogP contribution in [0.3, 0.4) is 0 Å². The van der Waals surface area contributed by atoms with Crippen molar-refractivity contribution >= 4 is 10.1 Å². The molecule has 0 bridgehead atoms. The summed E-state index contributed by atoms with van der Waals surface area (Å²) in [5, 5.41) is 0. The first kappa shape index (κ1) is 10.6. The second-order valence-corrected chi connectivity index (χ2v) is 3.74. The van der Waals surface area contributed by atoms with Crippen LogP contribution in [-0.4, -0.2) is 27.3 Å². The molecule has 0 heterocycles. The summed E-state index contributed by atoms with van der Waals surface area (Å²) >= 11 is 0. The van der Waals surface area contributed by atoms with E-state index in [0.717, 1.165) is 0 Å². The zero-order valence-electron chi connectivity index (χ0n) is 6.32. The Morgan fingerprint density at radius 2 is 2.18 bits per heavy atom. The van der Waals surface area contributed by atoms with E-state index in [9.17, 15) is 8.42 Å². The van der Waals surface area contributed by atoms with Crippen molar-refractivity contribution in [3.8, 4) is 0 Å². The molecule has 0 aliphatic rings. The summed E-state index contributed by atoms with van der Waals surface area (Å²) in [6.45, 7) is 3.72. The number of rotatable bonds is 6. The second kappa shape index (κ2) is 5.29. The summed E-state index contributed by atoms with van der Waals surface area (Å²) in [6, 6.07) is 0. The van der Waals surface area contributed by atoms with Crippen LogP contribution in [0.4, 0.5) is 0 Å². The zero-order valence-corrected chi connectivity index (χ0v) is 7.14. The highest BCUT2D eigenvalue weighted by molar-refractivity contribution is 7.86. The Morgan fingerprint density at radius 1 is 1.55 bits per heavy atom. The van der Waals surface area contributed by atoms with E-state index >= 15 is 0 Å². The van der Waals surface area contributed by atoms with Crippen LogP contribution in [0.25, 0.3) is 0 Å². The van der Waals surface area contributed by atoms with Crippen LogP contribution >= 0.6 is 0 Å². The predicted octanol–water partition coefficient (Wildman–Crippen LogP) is -0.132. The SMILES string of the molecule is C=CCOS(=O)(=O)CCCN. The topological polar surface area (TPSA) is 69.4 Å². The highest BCUT2D eigenvalue weighted by Gasteiger charge is 2.07. The maximum absolute atomic E-state index is 10.8. The summed E-state index contributed by atoms with van der Waals surface area (Å²) in [4.78, 5) is 0. The van der Waals surface area contributed by atoms with Crippen LogP contribution < -0.4 is 5.73 Å². The molecule has 0 radical (unpaired) electrons. The van der Waals surface area contributed by atoms with Gasteiger partial charge in [-0.1, -0.05) is 6.08 Å². The highest BCUT2D eigenvalue weighted by Crippen LogP contribution is 1.94. The lowest BCUT2D eigenvalue weighted by atomic mass is 10.5. The molecule has 0 aliphatic carbocycles. The van der Waals surface area contributed by atoms with Gasteiger partial charge in [-0.15, -0.1) is 6.58 Å². The summed E-state index contributed by atoms with van der Waals surface area (Å²) < 4.78 is 26.1. The van der Waals surface area contributed by atoms with Crippen LogP contribution in [0.5, 0.6) is 0 Å². The Balaban J connectivity index is 3.71.